The van der Waals surface area contributed by atoms with E-state index in [2.05, 4.69) is 158 Å². The molecule has 0 bridgehead atoms. The zero-order chi connectivity index (χ0) is 35.6. The Morgan fingerprint density at radius 2 is 1.02 bits per heavy atom. The molecule has 11 aromatic rings. The Kier molecular flexibility index (Phi) is 7.00. The number of aromatic nitrogens is 3. The van der Waals surface area contributed by atoms with Crippen molar-refractivity contribution in [3.8, 4) is 56.4 Å². The second-order valence-corrected chi connectivity index (χ2v) is 14.6. The molecule has 0 aliphatic rings. The third-order valence-electron chi connectivity index (χ3n) is 10.3. The third-order valence-corrected chi connectivity index (χ3v) is 11.6. The Morgan fingerprint density at radius 3 is 1.89 bits per heavy atom. The Labute approximate surface area is 314 Å². The molecule has 3 aromatic heterocycles. The molecular weight excluding hydrogens is 679 g/mol. The number of hydrogen-bond donors (Lipinski definition) is 0. The maximum atomic E-state index is 6.51. The van der Waals surface area contributed by atoms with Crippen molar-refractivity contribution in [1.82, 2.24) is 15.0 Å². The summed E-state index contributed by atoms with van der Waals surface area (Å²) < 4.78 is 8.90. The zero-order valence-electron chi connectivity index (χ0n) is 28.9. The van der Waals surface area contributed by atoms with Gasteiger partial charge in [-0.15, -0.1) is 11.3 Å². The van der Waals surface area contributed by atoms with E-state index in [4.69, 9.17) is 19.4 Å². The number of fused-ring (bicyclic) bond motifs is 7. The van der Waals surface area contributed by atoms with Gasteiger partial charge >= 0.3 is 0 Å². The lowest BCUT2D eigenvalue weighted by atomic mass is 9.98. The lowest BCUT2D eigenvalue weighted by Crippen LogP contribution is -2.01. The minimum atomic E-state index is 0.598. The molecule has 0 N–H and O–H groups in total. The quantitative estimate of drug-likeness (QED) is 0.179. The standard InChI is InChI=1S/C49H29N3OS/c1-2-11-30(12-3-1)36-28-41(45-39-16-6-8-19-42(39)53-43(45)29-36)49-51-47(33-24-21-32(22-25-33)35-26-23-31-13-4-5-14-34(31)27-35)50-48(52-49)40-18-10-17-38-37-15-7-9-20-44(37)54-46(38)40/h1-29H. The van der Waals surface area contributed by atoms with Gasteiger partial charge in [-0.3, -0.25) is 0 Å². The average Bonchev–Trinajstić information content (AvgIpc) is 3.82. The highest BCUT2D eigenvalue weighted by Crippen LogP contribution is 2.42. The van der Waals surface area contributed by atoms with E-state index in [1.54, 1.807) is 11.3 Å². The van der Waals surface area contributed by atoms with E-state index in [1.165, 1.54) is 31.8 Å². The largest absolute Gasteiger partial charge is 0.456 e. The number of benzene rings is 8. The lowest BCUT2D eigenvalue weighted by molar-refractivity contribution is 0.669. The van der Waals surface area contributed by atoms with Crippen LogP contribution in [0.2, 0.25) is 0 Å². The SMILES string of the molecule is c1ccc(-c2cc(-c3nc(-c4ccc(-c5ccc6ccccc6c5)cc4)nc(-c4cccc5c4sc4ccccc45)n3)c3c(c2)oc2ccccc23)cc1. The van der Waals surface area contributed by atoms with Gasteiger partial charge in [-0.05, 0) is 69.4 Å². The molecule has 0 radical (unpaired) electrons. The molecule has 0 saturated heterocycles. The predicted octanol–water partition coefficient (Wildman–Crippen LogP) is 13.6. The first kappa shape index (κ1) is 30.7. The molecule has 0 saturated carbocycles. The van der Waals surface area contributed by atoms with Crippen LogP contribution < -0.4 is 0 Å². The molecular formula is C49H29N3OS. The molecule has 54 heavy (non-hydrogen) atoms. The van der Waals surface area contributed by atoms with Gasteiger partial charge in [0.1, 0.15) is 11.2 Å². The van der Waals surface area contributed by atoms with E-state index >= 15 is 0 Å². The van der Waals surface area contributed by atoms with Crippen LogP contribution in [0.1, 0.15) is 0 Å². The van der Waals surface area contributed by atoms with Crippen molar-refractivity contribution in [1.29, 1.82) is 0 Å². The third kappa shape index (κ3) is 5.09. The number of thiophene rings is 1. The van der Waals surface area contributed by atoms with Crippen LogP contribution in [-0.2, 0) is 0 Å². The molecule has 8 aromatic carbocycles. The molecule has 0 fully saturated rings. The summed E-state index contributed by atoms with van der Waals surface area (Å²) in [4.78, 5) is 15.8. The molecule has 0 aliphatic carbocycles. The summed E-state index contributed by atoms with van der Waals surface area (Å²) in [5, 5.41) is 6.90. The fraction of sp³-hybridized carbons (Fsp3) is 0. The van der Waals surface area contributed by atoms with E-state index in [0.717, 1.165) is 60.0 Å². The van der Waals surface area contributed by atoms with Crippen LogP contribution in [0.15, 0.2) is 180 Å². The second kappa shape index (κ2) is 12.3. The Hall–Kier alpha value is -6.95. The maximum Gasteiger partial charge on any atom is 0.165 e. The number of furan rings is 1. The van der Waals surface area contributed by atoms with Crippen molar-refractivity contribution >= 4 is 64.2 Å². The van der Waals surface area contributed by atoms with Crippen LogP contribution in [0.4, 0.5) is 0 Å². The maximum absolute atomic E-state index is 6.51. The van der Waals surface area contributed by atoms with E-state index in [9.17, 15) is 0 Å². The first-order valence-corrected chi connectivity index (χ1v) is 18.8. The van der Waals surface area contributed by atoms with Crippen molar-refractivity contribution < 1.29 is 4.42 Å². The fourth-order valence-corrected chi connectivity index (χ4v) is 8.89. The molecule has 0 atom stereocenters. The number of hydrogen-bond acceptors (Lipinski definition) is 5. The minimum Gasteiger partial charge on any atom is -0.456 e. The van der Waals surface area contributed by atoms with Crippen LogP contribution >= 0.6 is 11.3 Å². The average molecular weight is 708 g/mol. The summed E-state index contributed by atoms with van der Waals surface area (Å²) in [6.07, 6.45) is 0. The van der Waals surface area contributed by atoms with Crippen LogP contribution in [0.3, 0.4) is 0 Å². The molecule has 4 nitrogen and oxygen atoms in total. The van der Waals surface area contributed by atoms with Crippen molar-refractivity contribution in [3.63, 3.8) is 0 Å². The number of nitrogens with zero attached hydrogens (tertiary/aromatic N) is 3. The Balaban J connectivity index is 1.15. The van der Waals surface area contributed by atoms with Crippen LogP contribution in [0.25, 0.3) is 109 Å². The molecule has 0 spiro atoms. The molecule has 0 aliphatic heterocycles. The van der Waals surface area contributed by atoms with Gasteiger partial charge in [0, 0.05) is 47.6 Å². The van der Waals surface area contributed by atoms with Gasteiger partial charge in [0.2, 0.25) is 0 Å². The fourth-order valence-electron chi connectivity index (χ4n) is 7.68. The summed E-state index contributed by atoms with van der Waals surface area (Å²) in [5.41, 5.74) is 8.85. The smallest absolute Gasteiger partial charge is 0.165 e. The van der Waals surface area contributed by atoms with Crippen LogP contribution in [0, 0.1) is 0 Å². The van der Waals surface area contributed by atoms with Gasteiger partial charge in [0.25, 0.3) is 0 Å². The summed E-state index contributed by atoms with van der Waals surface area (Å²) in [5.74, 6) is 1.85. The highest BCUT2D eigenvalue weighted by atomic mass is 32.1. The molecule has 252 valence electrons. The van der Waals surface area contributed by atoms with Crippen molar-refractivity contribution in [3.05, 3.63) is 176 Å². The normalized spacial score (nSPS) is 11.7. The first-order chi connectivity index (χ1) is 26.7. The second-order valence-electron chi connectivity index (χ2n) is 13.6. The van der Waals surface area contributed by atoms with E-state index in [1.807, 2.05) is 18.2 Å². The summed E-state index contributed by atoms with van der Waals surface area (Å²) in [6, 6.07) is 61.5. The number of para-hydroxylation sites is 1. The first-order valence-electron chi connectivity index (χ1n) is 18.0. The van der Waals surface area contributed by atoms with Crippen molar-refractivity contribution in [2.24, 2.45) is 0 Å². The van der Waals surface area contributed by atoms with Crippen LogP contribution in [0.5, 0.6) is 0 Å². The van der Waals surface area contributed by atoms with Gasteiger partial charge in [0.15, 0.2) is 17.5 Å². The minimum absolute atomic E-state index is 0.598. The van der Waals surface area contributed by atoms with Gasteiger partial charge < -0.3 is 4.42 Å². The van der Waals surface area contributed by atoms with E-state index in [-0.39, 0.29) is 0 Å². The Bertz CT molecular complexity index is 3220. The van der Waals surface area contributed by atoms with Crippen molar-refractivity contribution in [2.75, 3.05) is 0 Å². The van der Waals surface area contributed by atoms with Gasteiger partial charge in [-0.1, -0.05) is 140 Å². The zero-order valence-corrected chi connectivity index (χ0v) is 29.7. The predicted molar refractivity (Wildman–Crippen MR) is 225 cm³/mol. The van der Waals surface area contributed by atoms with E-state index < -0.39 is 0 Å². The van der Waals surface area contributed by atoms with Crippen LogP contribution in [-0.4, -0.2) is 15.0 Å². The lowest BCUT2D eigenvalue weighted by Gasteiger charge is -2.12. The van der Waals surface area contributed by atoms with E-state index in [0.29, 0.717) is 17.5 Å². The summed E-state index contributed by atoms with van der Waals surface area (Å²) in [7, 11) is 0. The summed E-state index contributed by atoms with van der Waals surface area (Å²) >= 11 is 1.78. The molecule has 5 heteroatoms. The topological polar surface area (TPSA) is 51.8 Å². The highest BCUT2D eigenvalue weighted by molar-refractivity contribution is 7.26. The van der Waals surface area contributed by atoms with Gasteiger partial charge in [-0.25, -0.2) is 15.0 Å². The summed E-state index contributed by atoms with van der Waals surface area (Å²) in [6.45, 7) is 0. The van der Waals surface area contributed by atoms with Crippen molar-refractivity contribution in [2.45, 2.75) is 0 Å². The monoisotopic (exact) mass is 707 g/mol. The highest BCUT2D eigenvalue weighted by Gasteiger charge is 2.21. The molecule has 11 rings (SSSR count). The van der Waals surface area contributed by atoms with Gasteiger partial charge in [0.05, 0.1) is 0 Å². The molecule has 3 heterocycles. The van der Waals surface area contributed by atoms with Gasteiger partial charge in [-0.2, -0.15) is 0 Å². The number of rotatable bonds is 5. The molecule has 0 amide bonds. The Morgan fingerprint density at radius 1 is 0.370 bits per heavy atom. The molecule has 0 unspecified atom stereocenters.